The van der Waals surface area contributed by atoms with Crippen LogP contribution in [0, 0.1) is 19.8 Å². The summed E-state index contributed by atoms with van der Waals surface area (Å²) in [7, 11) is 0. The smallest absolute Gasteiger partial charge is 0.314 e. The number of hydrogen-bond donors (Lipinski definition) is 2. The third-order valence-electron chi connectivity index (χ3n) is 3.16. The number of nitrogens with one attached hydrogen (secondary N) is 2. The molecule has 1 rings (SSSR count). The topological polar surface area (TPSA) is 59.0 Å². The summed E-state index contributed by atoms with van der Waals surface area (Å²) >= 11 is 0. The normalized spacial score (nSPS) is 10.8. The van der Waals surface area contributed by atoms with Gasteiger partial charge in [0.2, 0.25) is 0 Å². The summed E-state index contributed by atoms with van der Waals surface area (Å²) in [5.74, 6) is 0.470. The molecule has 5 heteroatoms. The van der Waals surface area contributed by atoms with Crippen LogP contribution in [0.2, 0.25) is 0 Å². The second kappa shape index (κ2) is 7.16. The van der Waals surface area contributed by atoms with Crippen molar-refractivity contribution in [1.82, 2.24) is 20.4 Å². The first-order chi connectivity index (χ1) is 8.95. The first-order valence-corrected chi connectivity index (χ1v) is 7.00. The zero-order valence-electron chi connectivity index (χ0n) is 12.7. The minimum atomic E-state index is -0.0908. The van der Waals surface area contributed by atoms with Gasteiger partial charge in [0.15, 0.2) is 0 Å². The van der Waals surface area contributed by atoms with Crippen LogP contribution in [0.1, 0.15) is 37.7 Å². The summed E-state index contributed by atoms with van der Waals surface area (Å²) in [6, 6.07) is -0.0908. The molecule has 5 nitrogen and oxygen atoms in total. The summed E-state index contributed by atoms with van der Waals surface area (Å²) in [5, 5.41) is 10.2. The molecule has 2 amide bonds. The first kappa shape index (κ1) is 15.5. The molecule has 0 radical (unpaired) electrons. The molecule has 108 valence electrons. The molecule has 1 aromatic heterocycles. The van der Waals surface area contributed by atoms with Gasteiger partial charge in [-0.15, -0.1) is 0 Å². The lowest BCUT2D eigenvalue weighted by molar-refractivity contribution is 0.239. The van der Waals surface area contributed by atoms with Crippen molar-refractivity contribution in [3.05, 3.63) is 17.0 Å². The number of rotatable bonds is 6. The molecule has 0 bridgehead atoms. The van der Waals surface area contributed by atoms with E-state index in [9.17, 15) is 4.79 Å². The van der Waals surface area contributed by atoms with Gasteiger partial charge in [0.05, 0.1) is 5.69 Å². The lowest BCUT2D eigenvalue weighted by atomic mass is 10.1. The van der Waals surface area contributed by atoms with Gasteiger partial charge in [-0.2, -0.15) is 5.10 Å². The van der Waals surface area contributed by atoms with Crippen molar-refractivity contribution in [3.63, 3.8) is 0 Å². The molecule has 0 spiro atoms. The van der Waals surface area contributed by atoms with E-state index in [0.29, 0.717) is 19.0 Å². The number of nitrogens with zero attached hydrogens (tertiary/aromatic N) is 2. The van der Waals surface area contributed by atoms with Crippen molar-refractivity contribution in [2.75, 3.05) is 13.1 Å². The molecule has 0 saturated heterocycles. The maximum absolute atomic E-state index is 11.5. The zero-order valence-corrected chi connectivity index (χ0v) is 12.7. The van der Waals surface area contributed by atoms with Gasteiger partial charge in [-0.25, -0.2) is 4.79 Å². The van der Waals surface area contributed by atoms with Crippen LogP contribution in [-0.4, -0.2) is 28.9 Å². The zero-order chi connectivity index (χ0) is 14.4. The molecule has 0 atom stereocenters. The molecular weight excluding hydrogens is 240 g/mol. The highest BCUT2D eigenvalue weighted by molar-refractivity contribution is 5.73. The van der Waals surface area contributed by atoms with Crippen LogP contribution in [0.4, 0.5) is 4.79 Å². The third kappa shape index (κ3) is 4.58. The van der Waals surface area contributed by atoms with Gasteiger partial charge in [-0.05, 0) is 38.7 Å². The minimum absolute atomic E-state index is 0.0908. The van der Waals surface area contributed by atoms with Gasteiger partial charge >= 0.3 is 6.03 Å². The maximum Gasteiger partial charge on any atom is 0.314 e. The standard InChI is InChI=1S/C14H26N4O/c1-6-18-12(5)13(11(4)17-18)7-8-15-14(19)16-9-10(2)3/h10H,6-9H2,1-5H3,(H2,15,16,19). The van der Waals surface area contributed by atoms with E-state index in [-0.39, 0.29) is 6.03 Å². The lowest BCUT2D eigenvalue weighted by Crippen LogP contribution is -2.38. The monoisotopic (exact) mass is 266 g/mol. The van der Waals surface area contributed by atoms with Crippen LogP contribution in [0.5, 0.6) is 0 Å². The summed E-state index contributed by atoms with van der Waals surface area (Å²) in [5.41, 5.74) is 3.50. The van der Waals surface area contributed by atoms with Gasteiger partial charge in [0.1, 0.15) is 0 Å². The Kier molecular flexibility index (Phi) is 5.86. The maximum atomic E-state index is 11.5. The van der Waals surface area contributed by atoms with Crippen molar-refractivity contribution in [3.8, 4) is 0 Å². The van der Waals surface area contributed by atoms with Crippen molar-refractivity contribution in [2.24, 2.45) is 5.92 Å². The van der Waals surface area contributed by atoms with E-state index in [1.807, 2.05) is 11.6 Å². The second-order valence-electron chi connectivity index (χ2n) is 5.25. The van der Waals surface area contributed by atoms with Crippen LogP contribution >= 0.6 is 0 Å². The average molecular weight is 266 g/mol. The molecule has 2 N–H and O–H groups in total. The Morgan fingerprint density at radius 3 is 2.53 bits per heavy atom. The summed E-state index contributed by atoms with van der Waals surface area (Å²) < 4.78 is 2.00. The quantitative estimate of drug-likeness (QED) is 0.827. The molecular formula is C14H26N4O. The average Bonchev–Trinajstić information content (AvgIpc) is 2.63. The van der Waals surface area contributed by atoms with Crippen molar-refractivity contribution in [1.29, 1.82) is 0 Å². The van der Waals surface area contributed by atoms with Crippen LogP contribution in [0.15, 0.2) is 0 Å². The highest BCUT2D eigenvalue weighted by Gasteiger charge is 2.10. The van der Waals surface area contributed by atoms with Crippen LogP contribution in [0.3, 0.4) is 0 Å². The van der Waals surface area contributed by atoms with Gasteiger partial charge in [-0.3, -0.25) is 4.68 Å². The Morgan fingerprint density at radius 2 is 2.00 bits per heavy atom. The van der Waals surface area contributed by atoms with Gasteiger partial charge in [-0.1, -0.05) is 13.8 Å². The largest absolute Gasteiger partial charge is 0.338 e. The number of hydrogen-bond acceptors (Lipinski definition) is 2. The second-order valence-corrected chi connectivity index (χ2v) is 5.25. The van der Waals surface area contributed by atoms with E-state index in [2.05, 4.69) is 43.4 Å². The fourth-order valence-corrected chi connectivity index (χ4v) is 2.06. The molecule has 0 aromatic carbocycles. The molecule has 1 aromatic rings. The van der Waals surface area contributed by atoms with Gasteiger partial charge in [0, 0.05) is 25.3 Å². The van der Waals surface area contributed by atoms with Gasteiger partial charge in [0.25, 0.3) is 0 Å². The minimum Gasteiger partial charge on any atom is -0.338 e. The summed E-state index contributed by atoms with van der Waals surface area (Å²) in [6.45, 7) is 12.6. The number of amides is 2. The van der Waals surface area contributed by atoms with Crippen molar-refractivity contribution < 1.29 is 4.79 Å². The Balaban J connectivity index is 2.41. The molecule has 0 saturated carbocycles. The van der Waals surface area contributed by atoms with Crippen LogP contribution < -0.4 is 10.6 Å². The van der Waals surface area contributed by atoms with Crippen molar-refractivity contribution >= 4 is 6.03 Å². The fourth-order valence-electron chi connectivity index (χ4n) is 2.06. The Morgan fingerprint density at radius 1 is 1.32 bits per heavy atom. The Labute approximate surface area is 115 Å². The Bertz CT molecular complexity index is 423. The first-order valence-electron chi connectivity index (χ1n) is 7.00. The van der Waals surface area contributed by atoms with E-state index in [1.165, 1.54) is 11.3 Å². The number of carbonyl (C=O) groups is 1. The predicted molar refractivity (Wildman–Crippen MR) is 77.3 cm³/mol. The fraction of sp³-hybridized carbons (Fsp3) is 0.714. The summed E-state index contributed by atoms with van der Waals surface area (Å²) in [4.78, 5) is 11.5. The van der Waals surface area contributed by atoms with E-state index in [0.717, 1.165) is 18.7 Å². The Hall–Kier alpha value is -1.52. The number of aryl methyl sites for hydroxylation is 2. The molecule has 0 fully saturated rings. The highest BCUT2D eigenvalue weighted by Crippen LogP contribution is 2.13. The molecule has 1 heterocycles. The molecule has 19 heavy (non-hydrogen) atoms. The summed E-state index contributed by atoms with van der Waals surface area (Å²) in [6.07, 6.45) is 0.826. The molecule has 0 aliphatic rings. The lowest BCUT2D eigenvalue weighted by Gasteiger charge is -2.09. The molecule has 0 aliphatic heterocycles. The van der Waals surface area contributed by atoms with Gasteiger partial charge < -0.3 is 10.6 Å². The number of urea groups is 1. The van der Waals surface area contributed by atoms with E-state index in [1.54, 1.807) is 0 Å². The SMILES string of the molecule is CCn1nc(C)c(CCNC(=O)NCC(C)C)c1C. The molecule has 0 unspecified atom stereocenters. The molecule has 0 aliphatic carbocycles. The number of carbonyl (C=O) groups excluding carboxylic acids is 1. The third-order valence-corrected chi connectivity index (χ3v) is 3.16. The van der Waals surface area contributed by atoms with E-state index >= 15 is 0 Å². The highest BCUT2D eigenvalue weighted by atomic mass is 16.2. The van der Waals surface area contributed by atoms with Crippen LogP contribution in [-0.2, 0) is 13.0 Å². The predicted octanol–water partition coefficient (Wildman–Crippen LogP) is 2.02. The van der Waals surface area contributed by atoms with E-state index < -0.39 is 0 Å². The number of aromatic nitrogens is 2. The van der Waals surface area contributed by atoms with Crippen LogP contribution in [0.25, 0.3) is 0 Å². The van der Waals surface area contributed by atoms with Crippen molar-refractivity contribution in [2.45, 2.75) is 47.6 Å². The van der Waals surface area contributed by atoms with E-state index in [4.69, 9.17) is 0 Å².